The number of para-hydroxylation sites is 1. The molecule has 0 saturated carbocycles. The first-order valence-electron chi connectivity index (χ1n) is 6.00. The van der Waals surface area contributed by atoms with Gasteiger partial charge >= 0.3 is 0 Å². The first-order valence-corrected chi connectivity index (χ1v) is 6.00. The van der Waals surface area contributed by atoms with Crippen molar-refractivity contribution in [3.63, 3.8) is 0 Å². The smallest absolute Gasteiger partial charge is 0.0744 e. The molecular weight excluding hydrogens is 208 g/mol. The second-order valence-electron chi connectivity index (χ2n) is 4.72. The lowest BCUT2D eigenvalue weighted by Gasteiger charge is -2.35. The highest BCUT2D eigenvalue weighted by molar-refractivity contribution is 6.39. The van der Waals surface area contributed by atoms with E-state index in [9.17, 15) is 0 Å². The van der Waals surface area contributed by atoms with Crippen LogP contribution in [0.1, 0.15) is 18.4 Å². The van der Waals surface area contributed by atoms with E-state index >= 15 is 0 Å². The predicted molar refractivity (Wildman–Crippen MR) is 70.2 cm³/mol. The highest BCUT2D eigenvalue weighted by Crippen LogP contribution is 2.50. The largest absolute Gasteiger partial charge is 0.262 e. The second-order valence-corrected chi connectivity index (χ2v) is 4.72. The molecular formula is C15H12N2. The van der Waals surface area contributed by atoms with Gasteiger partial charge in [-0.1, -0.05) is 30.4 Å². The average molecular weight is 220 g/mol. The Morgan fingerprint density at radius 1 is 1.18 bits per heavy atom. The molecule has 1 unspecified atom stereocenters. The summed E-state index contributed by atoms with van der Waals surface area (Å²) in [6.45, 7) is 0. The Hall–Kier alpha value is -1.96. The number of fused-ring (bicyclic) bond motifs is 1. The molecule has 1 aliphatic carbocycles. The molecule has 2 heteroatoms. The maximum atomic E-state index is 4.74. The van der Waals surface area contributed by atoms with Crippen molar-refractivity contribution in [3.8, 4) is 0 Å². The van der Waals surface area contributed by atoms with Crippen LogP contribution in [0.5, 0.6) is 0 Å². The van der Waals surface area contributed by atoms with Crippen LogP contribution in [0.3, 0.4) is 0 Å². The third-order valence-corrected chi connectivity index (χ3v) is 3.93. The third kappa shape index (κ3) is 1.00. The van der Waals surface area contributed by atoms with Gasteiger partial charge in [-0.05, 0) is 30.0 Å². The van der Waals surface area contributed by atoms with Gasteiger partial charge in [0, 0.05) is 12.4 Å². The molecule has 1 spiro atoms. The van der Waals surface area contributed by atoms with Gasteiger partial charge in [-0.25, -0.2) is 0 Å². The van der Waals surface area contributed by atoms with Crippen molar-refractivity contribution in [1.82, 2.24) is 0 Å². The highest BCUT2D eigenvalue weighted by Gasteiger charge is 2.46. The van der Waals surface area contributed by atoms with E-state index in [4.69, 9.17) is 4.99 Å². The van der Waals surface area contributed by atoms with E-state index in [0.717, 1.165) is 24.2 Å². The topological polar surface area (TPSA) is 24.7 Å². The lowest BCUT2D eigenvalue weighted by molar-refractivity contribution is 0.619. The van der Waals surface area contributed by atoms with Gasteiger partial charge in [0.2, 0.25) is 0 Å². The molecule has 2 nitrogen and oxygen atoms in total. The van der Waals surface area contributed by atoms with Crippen molar-refractivity contribution in [2.45, 2.75) is 18.3 Å². The van der Waals surface area contributed by atoms with Crippen LogP contribution in [0.4, 0.5) is 5.69 Å². The Morgan fingerprint density at radius 3 is 3.12 bits per heavy atom. The van der Waals surface area contributed by atoms with E-state index in [-0.39, 0.29) is 5.41 Å². The molecule has 0 saturated heterocycles. The predicted octanol–water partition coefficient (Wildman–Crippen LogP) is 3.33. The van der Waals surface area contributed by atoms with Gasteiger partial charge in [0.25, 0.3) is 0 Å². The van der Waals surface area contributed by atoms with E-state index < -0.39 is 0 Å². The monoisotopic (exact) mass is 220 g/mol. The van der Waals surface area contributed by atoms with E-state index in [1.807, 2.05) is 12.4 Å². The van der Waals surface area contributed by atoms with Crippen LogP contribution in [-0.4, -0.2) is 11.9 Å². The second kappa shape index (κ2) is 3.04. The van der Waals surface area contributed by atoms with Gasteiger partial charge in [-0.15, -0.1) is 0 Å². The van der Waals surface area contributed by atoms with Gasteiger partial charge in [-0.3, -0.25) is 9.98 Å². The summed E-state index contributed by atoms with van der Waals surface area (Å²) in [5, 5.41) is 0. The van der Waals surface area contributed by atoms with Gasteiger partial charge in [-0.2, -0.15) is 0 Å². The quantitative estimate of drug-likeness (QED) is 0.640. The number of rotatable bonds is 0. The minimum Gasteiger partial charge on any atom is -0.262 e. The lowest BCUT2D eigenvalue weighted by atomic mass is 9.66. The number of nitrogens with zero attached hydrogens (tertiary/aromatic N) is 2. The summed E-state index contributed by atoms with van der Waals surface area (Å²) >= 11 is 0. The van der Waals surface area contributed by atoms with E-state index in [0.29, 0.717) is 0 Å². The molecule has 2 heterocycles. The summed E-state index contributed by atoms with van der Waals surface area (Å²) in [5.41, 5.74) is 4.84. The van der Waals surface area contributed by atoms with Gasteiger partial charge in [0.15, 0.2) is 0 Å². The molecule has 0 N–H and O–H groups in total. The molecule has 0 radical (unpaired) electrons. The van der Waals surface area contributed by atoms with E-state index in [1.54, 1.807) is 0 Å². The van der Waals surface area contributed by atoms with Crippen molar-refractivity contribution in [2.75, 3.05) is 0 Å². The van der Waals surface area contributed by atoms with Crippen LogP contribution in [-0.2, 0) is 5.41 Å². The van der Waals surface area contributed by atoms with Crippen LogP contribution < -0.4 is 0 Å². The van der Waals surface area contributed by atoms with Gasteiger partial charge < -0.3 is 0 Å². The summed E-state index contributed by atoms with van der Waals surface area (Å²) in [6.07, 6.45) is 10.6. The van der Waals surface area contributed by atoms with E-state index in [2.05, 4.69) is 41.4 Å². The molecule has 2 aliphatic heterocycles. The molecule has 17 heavy (non-hydrogen) atoms. The number of hydrogen-bond donors (Lipinski definition) is 0. The summed E-state index contributed by atoms with van der Waals surface area (Å²) in [7, 11) is 0. The zero-order valence-electron chi connectivity index (χ0n) is 9.43. The maximum Gasteiger partial charge on any atom is 0.0744 e. The summed E-state index contributed by atoms with van der Waals surface area (Å²) in [4.78, 5) is 9.05. The van der Waals surface area contributed by atoms with Gasteiger partial charge in [0.05, 0.1) is 16.8 Å². The van der Waals surface area contributed by atoms with Crippen molar-refractivity contribution in [3.05, 3.63) is 53.8 Å². The highest BCUT2D eigenvalue weighted by atomic mass is 14.9. The Kier molecular flexibility index (Phi) is 1.63. The normalized spacial score (nSPS) is 28.0. The molecule has 4 rings (SSSR count). The first kappa shape index (κ1) is 9.11. The van der Waals surface area contributed by atoms with Gasteiger partial charge in [0.1, 0.15) is 0 Å². The molecule has 0 fully saturated rings. The fourth-order valence-electron chi connectivity index (χ4n) is 3.14. The number of benzene rings is 1. The molecule has 0 bridgehead atoms. The van der Waals surface area contributed by atoms with Crippen molar-refractivity contribution in [2.24, 2.45) is 9.98 Å². The minimum absolute atomic E-state index is 0.00685. The first-order chi connectivity index (χ1) is 8.41. The van der Waals surface area contributed by atoms with Crippen LogP contribution in [0, 0.1) is 0 Å². The Bertz CT molecular complexity index is 620. The summed E-state index contributed by atoms with van der Waals surface area (Å²) in [6, 6.07) is 8.46. The van der Waals surface area contributed by atoms with E-state index in [1.165, 1.54) is 11.1 Å². The average Bonchev–Trinajstić information content (AvgIpc) is 2.71. The number of aliphatic imine (C=N–C) groups is 2. The Morgan fingerprint density at radius 2 is 2.12 bits per heavy atom. The Balaban J connectivity index is 2.06. The third-order valence-electron chi connectivity index (χ3n) is 3.93. The molecule has 1 aromatic carbocycles. The lowest BCUT2D eigenvalue weighted by Crippen LogP contribution is -2.38. The fourth-order valence-corrected chi connectivity index (χ4v) is 3.14. The van der Waals surface area contributed by atoms with Crippen LogP contribution in [0.25, 0.3) is 0 Å². The van der Waals surface area contributed by atoms with Crippen LogP contribution in [0.2, 0.25) is 0 Å². The van der Waals surface area contributed by atoms with Crippen molar-refractivity contribution in [1.29, 1.82) is 0 Å². The van der Waals surface area contributed by atoms with Crippen LogP contribution >= 0.6 is 0 Å². The maximum absolute atomic E-state index is 4.74. The zero-order valence-corrected chi connectivity index (χ0v) is 9.43. The molecule has 0 aromatic heterocycles. The number of hydrogen-bond acceptors (Lipinski definition) is 2. The summed E-state index contributed by atoms with van der Waals surface area (Å²) < 4.78 is 0. The SMILES string of the molecule is C1=CC2=CN=CC3=Nc4ccccc4C23CC1. The number of allylic oxidation sites excluding steroid dienone is 3. The van der Waals surface area contributed by atoms with Crippen molar-refractivity contribution < 1.29 is 0 Å². The summed E-state index contributed by atoms with van der Waals surface area (Å²) in [5.74, 6) is 0. The molecule has 0 amide bonds. The molecule has 1 atom stereocenters. The van der Waals surface area contributed by atoms with Crippen molar-refractivity contribution >= 4 is 17.6 Å². The molecule has 82 valence electrons. The fraction of sp³-hybridized carbons (Fsp3) is 0.200. The standard InChI is InChI=1S/C15H12N2/c1-2-7-13-12(6-1)15-8-4-3-5-11(15)9-16-10-14(15)17-13/h1-3,5-7,9-10H,4,8H2. The molecule has 3 aliphatic rings. The zero-order chi connectivity index (χ0) is 11.3. The Labute approximate surface area is 100 Å². The van der Waals surface area contributed by atoms with Crippen LogP contribution in [0.15, 0.2) is 58.2 Å². The minimum atomic E-state index is -0.00685. The molecule has 1 aromatic rings.